The largest absolute Gasteiger partial charge is 0.323 e. The normalized spacial score (nSPS) is 35.6. The summed E-state index contributed by atoms with van der Waals surface area (Å²) in [4.78, 5) is 2.66. The molecule has 2 aliphatic carbocycles. The number of hydrogen-bond donors (Lipinski definition) is 2. The fraction of sp³-hybridized carbons (Fsp3) is 0.789. The monoisotopic (exact) mass is 321 g/mol. The SMILES string of the molecule is NC1C=CC(F)=CC1(N)C1CCN(C2CCCCCCC2)CC1. The van der Waals surface area contributed by atoms with Gasteiger partial charge in [0, 0.05) is 12.1 Å². The van der Waals surface area contributed by atoms with E-state index in [4.69, 9.17) is 11.5 Å². The highest BCUT2D eigenvalue weighted by atomic mass is 19.1. The molecule has 3 rings (SSSR count). The molecule has 0 bridgehead atoms. The average Bonchev–Trinajstić information content (AvgIpc) is 2.51. The van der Waals surface area contributed by atoms with Crippen LogP contribution >= 0.6 is 0 Å². The van der Waals surface area contributed by atoms with Gasteiger partial charge in [-0.3, -0.25) is 0 Å². The molecule has 1 aliphatic heterocycles. The van der Waals surface area contributed by atoms with E-state index in [0.29, 0.717) is 0 Å². The predicted molar refractivity (Wildman–Crippen MR) is 93.6 cm³/mol. The Balaban J connectivity index is 1.58. The van der Waals surface area contributed by atoms with Gasteiger partial charge in [0.25, 0.3) is 0 Å². The lowest BCUT2D eigenvalue weighted by Crippen LogP contribution is -2.61. The molecule has 4 N–H and O–H groups in total. The highest BCUT2D eigenvalue weighted by Gasteiger charge is 2.41. The van der Waals surface area contributed by atoms with Crippen molar-refractivity contribution in [3.05, 3.63) is 24.1 Å². The van der Waals surface area contributed by atoms with Crippen LogP contribution in [-0.2, 0) is 0 Å². The van der Waals surface area contributed by atoms with E-state index in [-0.39, 0.29) is 17.8 Å². The summed E-state index contributed by atoms with van der Waals surface area (Å²) in [6.07, 6.45) is 16.4. The van der Waals surface area contributed by atoms with Crippen LogP contribution in [-0.4, -0.2) is 35.6 Å². The Kier molecular flexibility index (Phi) is 5.55. The first-order valence-corrected chi connectivity index (χ1v) is 9.44. The number of halogens is 1. The highest BCUT2D eigenvalue weighted by molar-refractivity contribution is 5.31. The van der Waals surface area contributed by atoms with Gasteiger partial charge in [-0.25, -0.2) is 4.39 Å². The topological polar surface area (TPSA) is 55.3 Å². The van der Waals surface area contributed by atoms with Crippen LogP contribution in [0.2, 0.25) is 0 Å². The summed E-state index contributed by atoms with van der Waals surface area (Å²) < 4.78 is 13.7. The molecule has 4 heteroatoms. The van der Waals surface area contributed by atoms with Crippen LogP contribution in [0.3, 0.4) is 0 Å². The molecule has 1 heterocycles. The molecule has 130 valence electrons. The number of rotatable bonds is 2. The average molecular weight is 321 g/mol. The Bertz CT molecular complexity index is 446. The van der Waals surface area contributed by atoms with E-state index in [0.717, 1.165) is 32.0 Å². The van der Waals surface area contributed by atoms with Crippen LogP contribution in [0, 0.1) is 5.92 Å². The molecule has 3 nitrogen and oxygen atoms in total. The van der Waals surface area contributed by atoms with Crippen LogP contribution in [0.4, 0.5) is 4.39 Å². The third kappa shape index (κ3) is 3.86. The summed E-state index contributed by atoms with van der Waals surface area (Å²) in [6.45, 7) is 2.17. The lowest BCUT2D eigenvalue weighted by Gasteiger charge is -2.46. The first-order valence-electron chi connectivity index (χ1n) is 9.44. The Labute approximate surface area is 140 Å². The van der Waals surface area contributed by atoms with E-state index in [1.165, 1.54) is 51.0 Å². The molecule has 2 unspecified atom stereocenters. The van der Waals surface area contributed by atoms with Crippen LogP contribution in [0.5, 0.6) is 0 Å². The fourth-order valence-corrected chi connectivity index (χ4v) is 4.70. The Hall–Kier alpha value is -0.710. The lowest BCUT2D eigenvalue weighted by atomic mass is 9.72. The standard InChI is InChI=1S/C19H32FN3/c20-16-8-9-18(21)19(22,14-16)15-10-12-23(13-11-15)17-6-4-2-1-3-5-7-17/h8-9,14-15,17-18H,1-7,10-13,21-22H2. The summed E-state index contributed by atoms with van der Waals surface area (Å²) >= 11 is 0. The Morgan fingerprint density at radius 2 is 1.61 bits per heavy atom. The molecular weight excluding hydrogens is 289 g/mol. The minimum Gasteiger partial charge on any atom is -0.323 e. The van der Waals surface area contributed by atoms with Crippen LogP contribution in [0.25, 0.3) is 0 Å². The maximum atomic E-state index is 13.7. The van der Waals surface area contributed by atoms with E-state index in [1.54, 1.807) is 12.2 Å². The second-order valence-corrected chi connectivity index (χ2v) is 7.72. The maximum Gasteiger partial charge on any atom is 0.120 e. The van der Waals surface area contributed by atoms with Gasteiger partial charge in [0.2, 0.25) is 0 Å². The molecule has 3 aliphatic rings. The molecule has 2 atom stereocenters. The lowest BCUT2D eigenvalue weighted by molar-refractivity contribution is 0.0900. The maximum absolute atomic E-state index is 13.7. The van der Waals surface area contributed by atoms with Gasteiger partial charge in [-0.15, -0.1) is 0 Å². The van der Waals surface area contributed by atoms with E-state index >= 15 is 0 Å². The van der Waals surface area contributed by atoms with Crippen LogP contribution in [0.1, 0.15) is 57.8 Å². The predicted octanol–water partition coefficient (Wildman–Crippen LogP) is 3.26. The first-order chi connectivity index (χ1) is 11.1. The van der Waals surface area contributed by atoms with Gasteiger partial charge in [0.15, 0.2) is 0 Å². The molecule has 0 aromatic rings. The zero-order valence-electron chi connectivity index (χ0n) is 14.2. The van der Waals surface area contributed by atoms with Crippen LogP contribution in [0.15, 0.2) is 24.1 Å². The summed E-state index contributed by atoms with van der Waals surface area (Å²) in [7, 11) is 0. The molecular formula is C19H32FN3. The van der Waals surface area contributed by atoms with Crippen molar-refractivity contribution < 1.29 is 4.39 Å². The molecule has 0 aromatic heterocycles. The van der Waals surface area contributed by atoms with Crippen molar-refractivity contribution in [1.82, 2.24) is 4.90 Å². The summed E-state index contributed by atoms with van der Waals surface area (Å²) in [5, 5.41) is 0. The van der Waals surface area contributed by atoms with Crippen LogP contribution < -0.4 is 11.5 Å². The highest BCUT2D eigenvalue weighted by Crippen LogP contribution is 2.35. The van der Waals surface area contributed by atoms with Gasteiger partial charge in [0.1, 0.15) is 5.83 Å². The molecule has 1 saturated heterocycles. The Morgan fingerprint density at radius 3 is 2.26 bits per heavy atom. The number of nitrogens with zero attached hydrogens (tertiary/aromatic N) is 1. The smallest absolute Gasteiger partial charge is 0.120 e. The molecule has 0 spiro atoms. The number of hydrogen-bond acceptors (Lipinski definition) is 3. The molecule has 23 heavy (non-hydrogen) atoms. The fourth-order valence-electron chi connectivity index (χ4n) is 4.70. The summed E-state index contributed by atoms with van der Waals surface area (Å²) in [6, 6.07) is 0.470. The van der Waals surface area contributed by atoms with Gasteiger partial charge < -0.3 is 16.4 Å². The van der Waals surface area contributed by atoms with E-state index in [9.17, 15) is 4.39 Å². The quantitative estimate of drug-likeness (QED) is 0.821. The molecule has 2 fully saturated rings. The number of piperidine rings is 1. The second-order valence-electron chi connectivity index (χ2n) is 7.72. The molecule has 0 amide bonds. The first kappa shape index (κ1) is 17.1. The van der Waals surface area contributed by atoms with Gasteiger partial charge >= 0.3 is 0 Å². The van der Waals surface area contributed by atoms with Gasteiger partial charge in [-0.1, -0.05) is 38.2 Å². The summed E-state index contributed by atoms with van der Waals surface area (Å²) in [5.74, 6) is 0.0367. The second kappa shape index (κ2) is 7.45. The van der Waals surface area contributed by atoms with Gasteiger partial charge in [0.05, 0.1) is 5.54 Å². The zero-order chi connectivity index (χ0) is 16.3. The van der Waals surface area contributed by atoms with Gasteiger partial charge in [-0.05, 0) is 56.8 Å². The third-order valence-corrected chi connectivity index (χ3v) is 6.26. The number of nitrogens with two attached hydrogens (primary N) is 2. The number of likely N-dealkylation sites (tertiary alicyclic amines) is 1. The molecule has 0 aromatic carbocycles. The molecule has 0 radical (unpaired) electrons. The van der Waals surface area contributed by atoms with E-state index in [1.807, 2.05) is 0 Å². The minimum atomic E-state index is -0.716. The summed E-state index contributed by atoms with van der Waals surface area (Å²) in [5.41, 5.74) is 12.0. The van der Waals surface area contributed by atoms with Crippen molar-refractivity contribution in [2.45, 2.75) is 75.4 Å². The van der Waals surface area contributed by atoms with Crippen molar-refractivity contribution in [1.29, 1.82) is 0 Å². The van der Waals surface area contributed by atoms with Crippen molar-refractivity contribution >= 4 is 0 Å². The zero-order valence-corrected chi connectivity index (χ0v) is 14.2. The van der Waals surface area contributed by atoms with Crippen molar-refractivity contribution in [2.24, 2.45) is 17.4 Å². The Morgan fingerprint density at radius 1 is 1.00 bits per heavy atom. The van der Waals surface area contributed by atoms with E-state index < -0.39 is 5.54 Å². The third-order valence-electron chi connectivity index (χ3n) is 6.26. The van der Waals surface area contributed by atoms with Crippen molar-refractivity contribution in [2.75, 3.05) is 13.1 Å². The van der Waals surface area contributed by atoms with Gasteiger partial charge in [-0.2, -0.15) is 0 Å². The van der Waals surface area contributed by atoms with Crippen molar-refractivity contribution in [3.8, 4) is 0 Å². The van der Waals surface area contributed by atoms with Crippen molar-refractivity contribution in [3.63, 3.8) is 0 Å². The molecule has 1 saturated carbocycles. The minimum absolute atomic E-state index is 0.239. The van der Waals surface area contributed by atoms with E-state index in [2.05, 4.69) is 4.90 Å². The number of allylic oxidation sites excluding steroid dienone is 2.